The summed E-state index contributed by atoms with van der Waals surface area (Å²) >= 11 is 6.95. The summed E-state index contributed by atoms with van der Waals surface area (Å²) in [5.74, 6) is -0.338. The molecule has 2 rings (SSSR count). The number of hydrogen-bond acceptors (Lipinski definition) is 4. The Kier molecular flexibility index (Phi) is 6.34. The fraction of sp³-hybridized carbons (Fsp3) is 0.333. The normalized spacial score (nSPS) is 10.3. The van der Waals surface area contributed by atoms with Crippen molar-refractivity contribution in [3.63, 3.8) is 0 Å². The molecule has 0 unspecified atom stereocenters. The Bertz CT molecular complexity index is 753. The van der Waals surface area contributed by atoms with Gasteiger partial charge in [-0.2, -0.15) is 0 Å². The molecule has 0 spiro atoms. The lowest BCUT2D eigenvalue weighted by atomic mass is 10.1. The van der Waals surface area contributed by atoms with Gasteiger partial charge in [0.1, 0.15) is 5.00 Å². The summed E-state index contributed by atoms with van der Waals surface area (Å²) < 4.78 is 4.93. The summed E-state index contributed by atoms with van der Waals surface area (Å²) in [4.78, 5) is 13.2. The van der Waals surface area contributed by atoms with Gasteiger partial charge in [-0.25, -0.2) is 4.79 Å². The molecule has 0 saturated carbocycles. The number of rotatable bonds is 5. The molecule has 1 aromatic heterocycles. The molecule has 24 heavy (non-hydrogen) atoms. The minimum absolute atomic E-state index is 0.338. The lowest BCUT2D eigenvalue weighted by Gasteiger charge is -2.13. The largest absolute Gasteiger partial charge is 0.465 e. The number of nitrogens with one attached hydrogen (secondary N) is 2. The van der Waals surface area contributed by atoms with Crippen molar-refractivity contribution in [2.45, 2.75) is 33.6 Å². The topological polar surface area (TPSA) is 50.4 Å². The van der Waals surface area contributed by atoms with Crippen LogP contribution in [0.4, 0.5) is 10.7 Å². The zero-order valence-electron chi connectivity index (χ0n) is 14.4. The van der Waals surface area contributed by atoms with E-state index in [4.69, 9.17) is 17.0 Å². The number of methoxy groups -OCH3 is 1. The SMILES string of the molecule is CCc1ccccc1NC(=S)Nc1sc(C)c(CC)c1C(=O)OC. The number of aryl methyl sites for hydroxylation is 2. The molecule has 0 bridgehead atoms. The highest BCUT2D eigenvalue weighted by Crippen LogP contribution is 2.34. The van der Waals surface area contributed by atoms with Gasteiger partial charge in [0.05, 0.1) is 12.7 Å². The molecule has 0 aliphatic heterocycles. The van der Waals surface area contributed by atoms with E-state index in [2.05, 4.69) is 23.6 Å². The van der Waals surface area contributed by atoms with Crippen LogP contribution in [-0.4, -0.2) is 18.2 Å². The Morgan fingerprint density at radius 3 is 2.54 bits per heavy atom. The number of benzene rings is 1. The Hall–Kier alpha value is -1.92. The van der Waals surface area contributed by atoms with Gasteiger partial charge in [0.25, 0.3) is 0 Å². The molecule has 0 fully saturated rings. The van der Waals surface area contributed by atoms with Crippen LogP contribution in [0.3, 0.4) is 0 Å². The first-order chi connectivity index (χ1) is 11.5. The van der Waals surface area contributed by atoms with Crippen LogP contribution < -0.4 is 10.6 Å². The predicted molar refractivity (Wildman–Crippen MR) is 105 cm³/mol. The number of anilines is 2. The molecule has 2 aromatic rings. The second kappa shape index (κ2) is 8.26. The van der Waals surface area contributed by atoms with Gasteiger partial charge in [0.2, 0.25) is 0 Å². The number of carbonyl (C=O) groups is 1. The third kappa shape index (κ3) is 3.94. The Morgan fingerprint density at radius 1 is 1.21 bits per heavy atom. The van der Waals surface area contributed by atoms with Crippen LogP contribution in [0, 0.1) is 6.92 Å². The Morgan fingerprint density at radius 2 is 1.92 bits per heavy atom. The summed E-state index contributed by atoms with van der Waals surface area (Å²) in [6, 6.07) is 8.03. The van der Waals surface area contributed by atoms with Crippen molar-refractivity contribution in [2.75, 3.05) is 17.7 Å². The van der Waals surface area contributed by atoms with Gasteiger partial charge in [-0.05, 0) is 49.2 Å². The quantitative estimate of drug-likeness (QED) is 0.592. The standard InChI is InChI=1S/C18H22N2O2S2/c1-5-12-9-7-8-10-14(12)19-18(23)20-16-15(17(21)22-4)13(6-2)11(3)24-16/h7-10H,5-6H2,1-4H3,(H2,19,20,23). The van der Waals surface area contributed by atoms with Gasteiger partial charge in [-0.15, -0.1) is 11.3 Å². The highest BCUT2D eigenvalue weighted by atomic mass is 32.1. The van der Waals surface area contributed by atoms with Crippen molar-refractivity contribution >= 4 is 45.3 Å². The monoisotopic (exact) mass is 362 g/mol. The van der Waals surface area contributed by atoms with E-state index in [1.54, 1.807) is 0 Å². The second-order valence-electron chi connectivity index (χ2n) is 5.28. The van der Waals surface area contributed by atoms with Crippen molar-refractivity contribution in [1.82, 2.24) is 0 Å². The van der Waals surface area contributed by atoms with Crippen LogP contribution in [0.5, 0.6) is 0 Å². The van der Waals surface area contributed by atoms with Gasteiger partial charge in [-0.3, -0.25) is 0 Å². The maximum absolute atomic E-state index is 12.1. The highest BCUT2D eigenvalue weighted by molar-refractivity contribution is 7.80. The molecule has 0 aliphatic rings. The third-order valence-electron chi connectivity index (χ3n) is 3.83. The fourth-order valence-electron chi connectivity index (χ4n) is 2.62. The molecule has 1 heterocycles. The molecule has 1 aromatic carbocycles. The van der Waals surface area contributed by atoms with Crippen molar-refractivity contribution in [2.24, 2.45) is 0 Å². The van der Waals surface area contributed by atoms with E-state index in [9.17, 15) is 4.79 Å². The maximum atomic E-state index is 12.1. The van der Waals surface area contributed by atoms with Crippen molar-refractivity contribution in [3.8, 4) is 0 Å². The van der Waals surface area contributed by atoms with Gasteiger partial charge in [0, 0.05) is 10.6 Å². The minimum Gasteiger partial charge on any atom is -0.465 e. The molecular weight excluding hydrogens is 340 g/mol. The fourth-order valence-corrected chi connectivity index (χ4v) is 4.03. The summed E-state index contributed by atoms with van der Waals surface area (Å²) in [5.41, 5.74) is 3.74. The lowest BCUT2D eigenvalue weighted by Crippen LogP contribution is -2.21. The van der Waals surface area contributed by atoms with Crippen LogP contribution in [0.1, 0.15) is 40.2 Å². The molecule has 0 atom stereocenters. The molecule has 0 saturated heterocycles. The first kappa shape index (κ1) is 18.4. The van der Waals surface area contributed by atoms with Crippen molar-refractivity contribution in [3.05, 3.63) is 45.8 Å². The average molecular weight is 363 g/mol. The number of carbonyl (C=O) groups excluding carboxylic acids is 1. The Balaban J connectivity index is 2.24. The maximum Gasteiger partial charge on any atom is 0.341 e. The van der Waals surface area contributed by atoms with E-state index in [0.717, 1.165) is 34.0 Å². The number of para-hydroxylation sites is 1. The summed E-state index contributed by atoms with van der Waals surface area (Å²) in [5, 5.41) is 7.56. The zero-order chi connectivity index (χ0) is 17.7. The van der Waals surface area contributed by atoms with Crippen LogP contribution >= 0.6 is 23.6 Å². The number of hydrogen-bond donors (Lipinski definition) is 2. The molecule has 2 N–H and O–H groups in total. The molecule has 0 amide bonds. The van der Waals surface area contributed by atoms with E-state index in [1.165, 1.54) is 24.0 Å². The summed E-state index contributed by atoms with van der Waals surface area (Å²) in [6.07, 6.45) is 1.69. The minimum atomic E-state index is -0.338. The third-order valence-corrected chi connectivity index (χ3v) is 5.09. The smallest absolute Gasteiger partial charge is 0.341 e. The number of esters is 1. The van der Waals surface area contributed by atoms with Gasteiger partial charge < -0.3 is 15.4 Å². The van der Waals surface area contributed by atoms with Crippen LogP contribution in [0.15, 0.2) is 24.3 Å². The van der Waals surface area contributed by atoms with Gasteiger partial charge in [0.15, 0.2) is 5.11 Å². The van der Waals surface area contributed by atoms with E-state index < -0.39 is 0 Å². The first-order valence-electron chi connectivity index (χ1n) is 7.88. The second-order valence-corrected chi connectivity index (χ2v) is 6.91. The van der Waals surface area contributed by atoms with E-state index in [0.29, 0.717) is 10.7 Å². The molecule has 0 radical (unpaired) electrons. The van der Waals surface area contributed by atoms with Crippen LogP contribution in [0.2, 0.25) is 0 Å². The molecule has 4 nitrogen and oxygen atoms in total. The zero-order valence-corrected chi connectivity index (χ0v) is 16.0. The lowest BCUT2D eigenvalue weighted by molar-refractivity contribution is 0.0601. The van der Waals surface area contributed by atoms with E-state index in [1.807, 2.05) is 32.0 Å². The molecule has 128 valence electrons. The van der Waals surface area contributed by atoms with Crippen LogP contribution in [0.25, 0.3) is 0 Å². The number of thiophene rings is 1. The molecule has 6 heteroatoms. The number of ether oxygens (including phenoxy) is 1. The van der Waals surface area contributed by atoms with Crippen LogP contribution in [-0.2, 0) is 17.6 Å². The highest BCUT2D eigenvalue weighted by Gasteiger charge is 2.22. The summed E-state index contributed by atoms with van der Waals surface area (Å²) in [7, 11) is 1.40. The van der Waals surface area contributed by atoms with Gasteiger partial charge >= 0.3 is 5.97 Å². The number of thiocarbonyl (C=S) groups is 1. The average Bonchev–Trinajstić information content (AvgIpc) is 2.89. The first-order valence-corrected chi connectivity index (χ1v) is 9.10. The van der Waals surface area contributed by atoms with E-state index in [-0.39, 0.29) is 5.97 Å². The van der Waals surface area contributed by atoms with Crippen molar-refractivity contribution in [1.29, 1.82) is 0 Å². The predicted octanol–water partition coefficient (Wildman–Crippen LogP) is 4.78. The van der Waals surface area contributed by atoms with E-state index >= 15 is 0 Å². The van der Waals surface area contributed by atoms with Gasteiger partial charge in [-0.1, -0.05) is 32.0 Å². The Labute approximate surface area is 152 Å². The molecular formula is C18H22N2O2S2. The summed E-state index contributed by atoms with van der Waals surface area (Å²) in [6.45, 7) is 6.13. The van der Waals surface area contributed by atoms with Crippen molar-refractivity contribution < 1.29 is 9.53 Å². The molecule has 0 aliphatic carbocycles.